The number of halogens is 5. The van der Waals surface area contributed by atoms with Gasteiger partial charge in [0, 0.05) is 24.9 Å². The van der Waals surface area contributed by atoms with E-state index >= 15 is 0 Å². The van der Waals surface area contributed by atoms with Crippen LogP contribution in [0.2, 0.25) is 0 Å². The predicted molar refractivity (Wildman–Crippen MR) is 101 cm³/mol. The van der Waals surface area contributed by atoms with Gasteiger partial charge in [-0.15, -0.1) is 0 Å². The highest BCUT2D eigenvalue weighted by Crippen LogP contribution is 2.29. The molecule has 0 fully saturated rings. The van der Waals surface area contributed by atoms with Crippen molar-refractivity contribution in [3.05, 3.63) is 51.7 Å². The summed E-state index contributed by atoms with van der Waals surface area (Å²) < 4.78 is 91.5. The van der Waals surface area contributed by atoms with Crippen LogP contribution in [0.25, 0.3) is 11.3 Å². The van der Waals surface area contributed by atoms with Crippen molar-refractivity contribution in [3.8, 4) is 11.3 Å². The van der Waals surface area contributed by atoms with Gasteiger partial charge in [-0.2, -0.15) is 23.3 Å². The fourth-order valence-electron chi connectivity index (χ4n) is 2.46. The molecule has 0 unspecified atom stereocenters. The molecule has 0 N–H and O–H groups in total. The molecule has 3 aromatic heterocycles. The first kappa shape index (κ1) is 23.6. The van der Waals surface area contributed by atoms with E-state index in [-0.39, 0.29) is 16.9 Å². The van der Waals surface area contributed by atoms with Crippen LogP contribution in [-0.2, 0) is 23.1 Å². The third kappa shape index (κ3) is 4.72. The van der Waals surface area contributed by atoms with Gasteiger partial charge in [0.25, 0.3) is 5.91 Å². The third-order valence-electron chi connectivity index (χ3n) is 4.00. The SMILES string of the molecule is CCS(=O)(=O)c1cc(-c2ncc(F)cc2F)cnc1C(=O)N=c1sc(C(F)(F)F)nn1C. The molecular formula is C17H12F5N5O3S2. The number of carbonyl (C=O) groups is 1. The van der Waals surface area contributed by atoms with Crippen molar-refractivity contribution in [2.24, 2.45) is 12.0 Å². The Bertz CT molecular complexity index is 1380. The number of pyridine rings is 2. The lowest BCUT2D eigenvalue weighted by Gasteiger charge is -2.09. The maximum Gasteiger partial charge on any atom is 0.445 e. The summed E-state index contributed by atoms with van der Waals surface area (Å²) in [6.45, 7) is 1.28. The highest BCUT2D eigenvalue weighted by Gasteiger charge is 2.35. The van der Waals surface area contributed by atoms with Crippen LogP contribution < -0.4 is 4.80 Å². The molecule has 0 radical (unpaired) electrons. The summed E-state index contributed by atoms with van der Waals surface area (Å²) >= 11 is 0.0789. The molecule has 0 aliphatic carbocycles. The zero-order valence-corrected chi connectivity index (χ0v) is 17.8. The van der Waals surface area contributed by atoms with E-state index in [4.69, 9.17) is 0 Å². The van der Waals surface area contributed by atoms with Crippen molar-refractivity contribution in [1.82, 2.24) is 19.7 Å². The summed E-state index contributed by atoms with van der Waals surface area (Å²) in [4.78, 5) is 22.4. The minimum atomic E-state index is -4.76. The van der Waals surface area contributed by atoms with Gasteiger partial charge in [0.1, 0.15) is 17.2 Å². The minimum absolute atomic E-state index is 0.0789. The van der Waals surface area contributed by atoms with Crippen molar-refractivity contribution < 1.29 is 35.2 Å². The van der Waals surface area contributed by atoms with Crippen molar-refractivity contribution >= 4 is 27.1 Å². The topological polar surface area (TPSA) is 107 Å². The van der Waals surface area contributed by atoms with E-state index in [1.807, 2.05) is 0 Å². The molecule has 0 aliphatic heterocycles. The van der Waals surface area contributed by atoms with Crippen molar-refractivity contribution in [3.63, 3.8) is 0 Å². The Kier molecular flexibility index (Phi) is 6.24. The van der Waals surface area contributed by atoms with Gasteiger partial charge in [0.05, 0.1) is 16.8 Å². The third-order valence-corrected chi connectivity index (χ3v) is 6.78. The van der Waals surface area contributed by atoms with Crippen LogP contribution in [-0.4, -0.2) is 39.8 Å². The standard InChI is InChI=1S/C17H12F5N5O3S2/c1-3-32(29,30)11-4-8(12-10(19)5-9(18)7-24-12)6-23-13(11)14(28)25-16-27(2)26-15(31-16)17(20,21)22/h4-7H,3H2,1-2H3. The predicted octanol–water partition coefficient (Wildman–Crippen LogP) is 2.77. The molecule has 8 nitrogen and oxygen atoms in total. The van der Waals surface area contributed by atoms with Gasteiger partial charge in [0.15, 0.2) is 15.7 Å². The number of alkyl halides is 3. The summed E-state index contributed by atoms with van der Waals surface area (Å²) in [5.41, 5.74) is -1.25. The first-order valence-corrected chi connectivity index (χ1v) is 11.0. The first-order chi connectivity index (χ1) is 14.8. The van der Waals surface area contributed by atoms with Crippen LogP contribution in [0.1, 0.15) is 22.4 Å². The van der Waals surface area contributed by atoms with E-state index in [1.165, 1.54) is 6.92 Å². The largest absolute Gasteiger partial charge is 0.445 e. The number of amides is 1. The number of aromatic nitrogens is 4. The van der Waals surface area contributed by atoms with Crippen LogP contribution >= 0.6 is 11.3 Å². The summed E-state index contributed by atoms with van der Waals surface area (Å²) in [6.07, 6.45) is -3.13. The van der Waals surface area contributed by atoms with Gasteiger partial charge < -0.3 is 0 Å². The quantitative estimate of drug-likeness (QED) is 0.518. The molecule has 1 amide bonds. The number of sulfone groups is 1. The average molecular weight is 493 g/mol. The number of aryl methyl sites for hydroxylation is 1. The molecule has 3 aromatic rings. The summed E-state index contributed by atoms with van der Waals surface area (Å²) in [5.74, 6) is -3.76. The van der Waals surface area contributed by atoms with Crippen LogP contribution in [0.3, 0.4) is 0 Å². The van der Waals surface area contributed by atoms with Gasteiger partial charge in [-0.05, 0) is 6.07 Å². The first-order valence-electron chi connectivity index (χ1n) is 8.58. The van der Waals surface area contributed by atoms with Gasteiger partial charge >= 0.3 is 6.18 Å². The van der Waals surface area contributed by atoms with E-state index in [9.17, 15) is 35.2 Å². The second-order valence-corrected chi connectivity index (χ2v) is 9.39. The maximum absolute atomic E-state index is 14.1. The van der Waals surface area contributed by atoms with Crippen LogP contribution in [0.15, 0.2) is 34.4 Å². The number of nitrogens with zero attached hydrogens (tertiary/aromatic N) is 5. The molecule has 32 heavy (non-hydrogen) atoms. The molecule has 0 saturated heterocycles. The smallest absolute Gasteiger partial charge is 0.265 e. The van der Waals surface area contributed by atoms with Crippen LogP contribution in [0, 0.1) is 11.6 Å². The van der Waals surface area contributed by atoms with Crippen molar-refractivity contribution in [2.75, 3.05) is 5.75 Å². The maximum atomic E-state index is 14.1. The second-order valence-electron chi connectivity index (χ2n) is 6.19. The van der Waals surface area contributed by atoms with Gasteiger partial charge in [-0.25, -0.2) is 26.9 Å². The number of hydrogen-bond donors (Lipinski definition) is 0. The zero-order chi connectivity index (χ0) is 23.8. The monoisotopic (exact) mass is 493 g/mol. The van der Waals surface area contributed by atoms with Crippen molar-refractivity contribution in [2.45, 2.75) is 18.0 Å². The molecule has 3 rings (SSSR count). The Morgan fingerprint density at radius 1 is 1.19 bits per heavy atom. The fraction of sp³-hybridized carbons (Fsp3) is 0.235. The lowest BCUT2D eigenvalue weighted by Crippen LogP contribution is -2.18. The van der Waals surface area contributed by atoms with Gasteiger partial charge in [-0.1, -0.05) is 18.3 Å². The molecule has 0 atom stereocenters. The Labute approximate surface area is 181 Å². The number of rotatable bonds is 4. The van der Waals surface area contributed by atoms with Crippen LogP contribution in [0.5, 0.6) is 0 Å². The Morgan fingerprint density at radius 3 is 2.44 bits per heavy atom. The van der Waals surface area contributed by atoms with E-state index < -0.39 is 65.4 Å². The van der Waals surface area contributed by atoms with Gasteiger partial charge in [0.2, 0.25) is 9.81 Å². The molecule has 0 aliphatic rings. The lowest BCUT2D eigenvalue weighted by molar-refractivity contribution is -0.138. The number of carbonyl (C=O) groups excluding carboxylic acids is 1. The lowest BCUT2D eigenvalue weighted by atomic mass is 10.1. The molecule has 3 heterocycles. The van der Waals surface area contributed by atoms with Crippen molar-refractivity contribution in [1.29, 1.82) is 0 Å². The molecular weight excluding hydrogens is 481 g/mol. The highest BCUT2D eigenvalue weighted by atomic mass is 32.2. The molecule has 0 spiro atoms. The number of hydrogen-bond acceptors (Lipinski definition) is 7. The molecule has 0 aromatic carbocycles. The summed E-state index contributed by atoms with van der Waals surface area (Å²) in [5, 5.41) is 1.98. The molecule has 15 heteroatoms. The Balaban J connectivity index is 2.16. The van der Waals surface area contributed by atoms with Crippen LogP contribution in [0.4, 0.5) is 22.0 Å². The Morgan fingerprint density at radius 2 is 1.88 bits per heavy atom. The molecule has 0 saturated carbocycles. The van der Waals surface area contributed by atoms with E-state index in [1.54, 1.807) is 0 Å². The van der Waals surface area contributed by atoms with E-state index in [2.05, 4.69) is 20.1 Å². The zero-order valence-electron chi connectivity index (χ0n) is 16.2. The molecule has 0 bridgehead atoms. The average Bonchev–Trinajstić information content (AvgIpc) is 3.08. The normalized spacial score (nSPS) is 12.9. The fourth-order valence-corrected chi connectivity index (χ4v) is 4.26. The van der Waals surface area contributed by atoms with E-state index in [0.717, 1.165) is 19.3 Å². The summed E-state index contributed by atoms with van der Waals surface area (Å²) in [6, 6.07) is 1.46. The highest BCUT2D eigenvalue weighted by molar-refractivity contribution is 7.91. The summed E-state index contributed by atoms with van der Waals surface area (Å²) in [7, 11) is -2.99. The minimum Gasteiger partial charge on any atom is -0.265 e. The van der Waals surface area contributed by atoms with Gasteiger partial charge in [-0.3, -0.25) is 9.78 Å². The molecule has 170 valence electrons. The second kappa shape index (κ2) is 8.46. The van der Waals surface area contributed by atoms with E-state index in [0.29, 0.717) is 16.9 Å². The Hall–Kier alpha value is -3.07.